The molecule has 0 aliphatic carbocycles. The average molecular weight is 390 g/mol. The summed E-state index contributed by atoms with van der Waals surface area (Å²) in [6.07, 6.45) is 2.50. The van der Waals surface area contributed by atoms with Crippen LogP contribution in [0.25, 0.3) is 0 Å². The molecule has 2 rings (SSSR count). The van der Waals surface area contributed by atoms with Gasteiger partial charge in [0.2, 0.25) is 0 Å². The summed E-state index contributed by atoms with van der Waals surface area (Å²) in [5.74, 6) is 0.896. The fourth-order valence-corrected chi connectivity index (χ4v) is 3.28. The predicted octanol–water partition coefficient (Wildman–Crippen LogP) is 2.31. The number of guanidine groups is 1. The molecule has 0 bridgehead atoms. The second kappa shape index (κ2) is 13.5. The van der Waals surface area contributed by atoms with Crippen LogP contribution < -0.4 is 10.6 Å². The van der Waals surface area contributed by atoms with E-state index in [1.54, 1.807) is 0 Å². The standard InChI is InChI=1S/C22H39N5O/c1-4-6-12-26(3)13-11-24-22(23-5-2)25-18-20-9-7-8-10-21(20)19-27-14-16-28-17-15-27/h7-10H,4-6,11-19H2,1-3H3,(H2,23,24,25). The van der Waals surface area contributed by atoms with Crippen LogP contribution in [-0.2, 0) is 17.8 Å². The molecule has 1 aliphatic heterocycles. The van der Waals surface area contributed by atoms with Gasteiger partial charge < -0.3 is 20.3 Å². The SMILES string of the molecule is CCCCN(C)CCNC(=NCc1ccccc1CN1CCOCC1)NCC. The molecule has 0 amide bonds. The number of hydrogen-bond donors (Lipinski definition) is 2. The van der Waals surface area contributed by atoms with E-state index in [1.807, 2.05) is 0 Å². The van der Waals surface area contributed by atoms with E-state index in [4.69, 9.17) is 9.73 Å². The number of morpholine rings is 1. The molecule has 0 atom stereocenters. The number of rotatable bonds is 11. The van der Waals surface area contributed by atoms with Crippen molar-refractivity contribution in [1.29, 1.82) is 0 Å². The molecule has 1 aromatic rings. The molecule has 1 aliphatic rings. The van der Waals surface area contributed by atoms with Gasteiger partial charge in [-0.2, -0.15) is 0 Å². The van der Waals surface area contributed by atoms with Gasteiger partial charge in [-0.3, -0.25) is 4.90 Å². The minimum atomic E-state index is 0.696. The molecular formula is C22H39N5O. The van der Waals surface area contributed by atoms with Crippen LogP contribution in [0.4, 0.5) is 0 Å². The Labute approximate surface area is 171 Å². The third-order valence-corrected chi connectivity index (χ3v) is 5.05. The van der Waals surface area contributed by atoms with Gasteiger partial charge in [0.25, 0.3) is 0 Å². The Morgan fingerprint density at radius 3 is 2.57 bits per heavy atom. The van der Waals surface area contributed by atoms with E-state index in [9.17, 15) is 0 Å². The van der Waals surface area contributed by atoms with Crippen molar-refractivity contribution in [2.24, 2.45) is 4.99 Å². The van der Waals surface area contributed by atoms with Crippen molar-refractivity contribution >= 4 is 5.96 Å². The summed E-state index contributed by atoms with van der Waals surface area (Å²) in [7, 11) is 2.18. The first-order valence-corrected chi connectivity index (χ1v) is 10.8. The zero-order valence-electron chi connectivity index (χ0n) is 18.0. The number of unbranched alkanes of at least 4 members (excludes halogenated alkanes) is 1. The van der Waals surface area contributed by atoms with Crippen LogP contribution in [0.2, 0.25) is 0 Å². The van der Waals surface area contributed by atoms with E-state index in [0.717, 1.165) is 65.0 Å². The Kier molecular flexibility index (Phi) is 10.9. The number of nitrogens with zero attached hydrogens (tertiary/aromatic N) is 3. The zero-order chi connectivity index (χ0) is 20.0. The first kappa shape index (κ1) is 22.7. The minimum Gasteiger partial charge on any atom is -0.379 e. The third-order valence-electron chi connectivity index (χ3n) is 5.05. The van der Waals surface area contributed by atoms with Crippen molar-refractivity contribution in [3.05, 3.63) is 35.4 Å². The molecule has 1 saturated heterocycles. The number of hydrogen-bond acceptors (Lipinski definition) is 4. The molecule has 6 nitrogen and oxygen atoms in total. The molecule has 0 radical (unpaired) electrons. The summed E-state index contributed by atoms with van der Waals surface area (Å²) < 4.78 is 5.47. The van der Waals surface area contributed by atoms with E-state index >= 15 is 0 Å². The Hall–Kier alpha value is -1.63. The molecule has 2 N–H and O–H groups in total. The number of likely N-dealkylation sites (N-methyl/N-ethyl adjacent to an activating group) is 1. The van der Waals surface area contributed by atoms with Crippen LogP contribution in [0.15, 0.2) is 29.3 Å². The highest BCUT2D eigenvalue weighted by molar-refractivity contribution is 5.79. The molecule has 0 saturated carbocycles. The molecule has 0 unspecified atom stereocenters. The molecule has 1 fully saturated rings. The van der Waals surface area contributed by atoms with Gasteiger partial charge in [0.1, 0.15) is 0 Å². The van der Waals surface area contributed by atoms with Gasteiger partial charge >= 0.3 is 0 Å². The lowest BCUT2D eigenvalue weighted by atomic mass is 10.1. The lowest BCUT2D eigenvalue weighted by Crippen LogP contribution is -2.41. The fourth-order valence-electron chi connectivity index (χ4n) is 3.28. The van der Waals surface area contributed by atoms with Crippen molar-refractivity contribution in [1.82, 2.24) is 20.4 Å². The molecular weight excluding hydrogens is 350 g/mol. The van der Waals surface area contributed by atoms with Gasteiger partial charge in [0, 0.05) is 39.3 Å². The van der Waals surface area contributed by atoms with Crippen LogP contribution in [0.3, 0.4) is 0 Å². The van der Waals surface area contributed by atoms with E-state index in [2.05, 4.69) is 65.6 Å². The average Bonchev–Trinajstić information content (AvgIpc) is 2.72. The molecule has 158 valence electrons. The summed E-state index contributed by atoms with van der Waals surface area (Å²) in [6, 6.07) is 8.65. The summed E-state index contributed by atoms with van der Waals surface area (Å²) in [6.45, 7) is 13.6. The summed E-state index contributed by atoms with van der Waals surface area (Å²) >= 11 is 0. The van der Waals surface area contributed by atoms with E-state index in [-0.39, 0.29) is 0 Å². The van der Waals surface area contributed by atoms with E-state index in [1.165, 1.54) is 24.0 Å². The predicted molar refractivity (Wildman–Crippen MR) is 118 cm³/mol. The second-order valence-electron chi connectivity index (χ2n) is 7.44. The van der Waals surface area contributed by atoms with Gasteiger partial charge in [-0.05, 0) is 38.1 Å². The fraction of sp³-hybridized carbons (Fsp3) is 0.682. The first-order valence-electron chi connectivity index (χ1n) is 10.8. The maximum atomic E-state index is 5.47. The maximum Gasteiger partial charge on any atom is 0.191 e. The highest BCUT2D eigenvalue weighted by atomic mass is 16.5. The smallest absolute Gasteiger partial charge is 0.191 e. The highest BCUT2D eigenvalue weighted by Crippen LogP contribution is 2.14. The topological polar surface area (TPSA) is 52.1 Å². The van der Waals surface area contributed by atoms with Crippen molar-refractivity contribution in [3.8, 4) is 0 Å². The monoisotopic (exact) mass is 389 g/mol. The number of ether oxygens (including phenoxy) is 1. The number of aliphatic imine (C=N–C) groups is 1. The lowest BCUT2D eigenvalue weighted by molar-refractivity contribution is 0.0341. The van der Waals surface area contributed by atoms with Gasteiger partial charge in [-0.25, -0.2) is 4.99 Å². The largest absolute Gasteiger partial charge is 0.379 e. The number of benzene rings is 1. The maximum absolute atomic E-state index is 5.47. The first-order chi connectivity index (χ1) is 13.7. The van der Waals surface area contributed by atoms with Crippen LogP contribution in [0.5, 0.6) is 0 Å². The number of nitrogens with one attached hydrogen (secondary N) is 2. The summed E-state index contributed by atoms with van der Waals surface area (Å²) in [4.78, 5) is 9.66. The normalized spacial score (nSPS) is 15.8. The molecule has 28 heavy (non-hydrogen) atoms. The van der Waals surface area contributed by atoms with Crippen molar-refractivity contribution < 1.29 is 4.74 Å². The Morgan fingerprint density at radius 1 is 1.11 bits per heavy atom. The molecule has 0 spiro atoms. The van der Waals surface area contributed by atoms with E-state index in [0.29, 0.717) is 6.54 Å². The Balaban J connectivity index is 1.88. The van der Waals surface area contributed by atoms with Crippen LogP contribution in [0.1, 0.15) is 37.8 Å². The Bertz CT molecular complexity index is 572. The van der Waals surface area contributed by atoms with Crippen LogP contribution >= 0.6 is 0 Å². The molecule has 1 aromatic carbocycles. The van der Waals surface area contributed by atoms with Crippen molar-refractivity contribution in [2.45, 2.75) is 39.8 Å². The zero-order valence-corrected chi connectivity index (χ0v) is 18.0. The molecule has 1 heterocycles. The molecule has 6 heteroatoms. The van der Waals surface area contributed by atoms with Gasteiger partial charge in [-0.15, -0.1) is 0 Å². The van der Waals surface area contributed by atoms with Crippen LogP contribution in [0, 0.1) is 0 Å². The van der Waals surface area contributed by atoms with Crippen molar-refractivity contribution in [3.63, 3.8) is 0 Å². The Morgan fingerprint density at radius 2 is 1.86 bits per heavy atom. The van der Waals surface area contributed by atoms with Gasteiger partial charge in [-0.1, -0.05) is 37.6 Å². The van der Waals surface area contributed by atoms with E-state index < -0.39 is 0 Å². The summed E-state index contributed by atoms with van der Waals surface area (Å²) in [5.41, 5.74) is 2.66. The van der Waals surface area contributed by atoms with Crippen molar-refractivity contribution in [2.75, 3.05) is 59.5 Å². The minimum absolute atomic E-state index is 0.696. The second-order valence-corrected chi connectivity index (χ2v) is 7.44. The summed E-state index contributed by atoms with van der Waals surface area (Å²) in [5, 5.41) is 6.83. The lowest BCUT2D eigenvalue weighted by Gasteiger charge is -2.27. The van der Waals surface area contributed by atoms with Gasteiger partial charge in [0.05, 0.1) is 19.8 Å². The highest BCUT2D eigenvalue weighted by Gasteiger charge is 2.12. The van der Waals surface area contributed by atoms with Gasteiger partial charge in [0.15, 0.2) is 5.96 Å². The van der Waals surface area contributed by atoms with Crippen LogP contribution in [-0.4, -0.2) is 75.3 Å². The molecule has 0 aromatic heterocycles. The quantitative estimate of drug-likeness (QED) is 0.449. The third kappa shape index (κ3) is 8.59.